The molecule has 1 heterocycles. The second-order valence-corrected chi connectivity index (χ2v) is 5.76. The number of morpholine rings is 1. The van der Waals surface area contributed by atoms with E-state index < -0.39 is 5.67 Å². The quantitative estimate of drug-likeness (QED) is 0.920. The number of hydrogen-bond donors (Lipinski definition) is 1. The van der Waals surface area contributed by atoms with Crippen LogP contribution in [0, 0.1) is 13.8 Å². The van der Waals surface area contributed by atoms with E-state index >= 15 is 4.39 Å². The van der Waals surface area contributed by atoms with Gasteiger partial charge in [-0.2, -0.15) is 0 Å². The minimum Gasteiger partial charge on any atom is -0.496 e. The molecule has 4 heteroatoms. The summed E-state index contributed by atoms with van der Waals surface area (Å²) in [5.74, 6) is 0.807. The molecule has 0 bridgehead atoms. The van der Waals surface area contributed by atoms with Crippen molar-refractivity contribution in [3.8, 4) is 5.75 Å². The fourth-order valence-electron chi connectivity index (χ4n) is 2.89. The van der Waals surface area contributed by atoms with Crippen molar-refractivity contribution < 1.29 is 13.9 Å². The SMILES string of the molecule is COc1cc(C)c(C(C)(F)CC2COCCN2)cc1C. The predicted molar refractivity (Wildman–Crippen MR) is 78.2 cm³/mol. The van der Waals surface area contributed by atoms with Crippen LogP contribution < -0.4 is 10.1 Å². The van der Waals surface area contributed by atoms with E-state index in [2.05, 4.69) is 5.32 Å². The molecule has 0 amide bonds. The first-order valence-electron chi connectivity index (χ1n) is 7.10. The number of methoxy groups -OCH3 is 1. The Labute approximate surface area is 120 Å². The molecule has 0 aromatic heterocycles. The number of ether oxygens (including phenoxy) is 2. The van der Waals surface area contributed by atoms with E-state index in [4.69, 9.17) is 9.47 Å². The first-order valence-corrected chi connectivity index (χ1v) is 7.10. The first-order chi connectivity index (χ1) is 9.44. The van der Waals surface area contributed by atoms with Gasteiger partial charge in [-0.15, -0.1) is 0 Å². The molecule has 2 unspecified atom stereocenters. The van der Waals surface area contributed by atoms with Crippen LogP contribution in [0.3, 0.4) is 0 Å². The molecule has 1 aromatic rings. The van der Waals surface area contributed by atoms with Gasteiger partial charge in [-0.25, -0.2) is 4.39 Å². The molecule has 2 atom stereocenters. The average Bonchev–Trinajstić information content (AvgIpc) is 2.41. The third-order valence-corrected chi connectivity index (χ3v) is 3.93. The normalized spacial score (nSPS) is 22.4. The summed E-state index contributed by atoms with van der Waals surface area (Å²) in [6.07, 6.45) is 0.416. The number of aryl methyl sites for hydroxylation is 2. The van der Waals surface area contributed by atoms with Gasteiger partial charge < -0.3 is 14.8 Å². The Morgan fingerprint density at radius 3 is 2.75 bits per heavy atom. The number of rotatable bonds is 4. The maximum atomic E-state index is 15.1. The monoisotopic (exact) mass is 281 g/mol. The summed E-state index contributed by atoms with van der Waals surface area (Å²) in [4.78, 5) is 0. The summed E-state index contributed by atoms with van der Waals surface area (Å²) in [7, 11) is 1.64. The summed E-state index contributed by atoms with van der Waals surface area (Å²) in [5, 5.41) is 3.31. The summed E-state index contributed by atoms with van der Waals surface area (Å²) >= 11 is 0. The highest BCUT2D eigenvalue weighted by atomic mass is 19.1. The highest BCUT2D eigenvalue weighted by Gasteiger charge is 2.32. The van der Waals surface area contributed by atoms with E-state index in [1.807, 2.05) is 26.0 Å². The second kappa shape index (κ2) is 6.10. The van der Waals surface area contributed by atoms with Crippen LogP contribution in [-0.2, 0) is 10.4 Å². The lowest BCUT2D eigenvalue weighted by Gasteiger charge is -2.31. The summed E-state index contributed by atoms with van der Waals surface area (Å²) in [6.45, 7) is 7.60. The summed E-state index contributed by atoms with van der Waals surface area (Å²) in [6, 6.07) is 3.88. The van der Waals surface area contributed by atoms with Crippen LogP contribution in [0.4, 0.5) is 4.39 Å². The smallest absolute Gasteiger partial charge is 0.135 e. The summed E-state index contributed by atoms with van der Waals surface area (Å²) in [5.41, 5.74) is 1.25. The van der Waals surface area contributed by atoms with E-state index in [1.54, 1.807) is 14.0 Å². The molecule has 1 aliphatic heterocycles. The van der Waals surface area contributed by atoms with E-state index in [0.29, 0.717) is 19.6 Å². The fourth-order valence-corrected chi connectivity index (χ4v) is 2.89. The zero-order chi connectivity index (χ0) is 14.8. The molecule has 0 radical (unpaired) electrons. The van der Waals surface area contributed by atoms with Gasteiger partial charge in [0.15, 0.2) is 0 Å². The average molecular weight is 281 g/mol. The molecule has 3 nitrogen and oxygen atoms in total. The van der Waals surface area contributed by atoms with Gasteiger partial charge in [0, 0.05) is 19.0 Å². The van der Waals surface area contributed by atoms with Crippen molar-refractivity contribution in [2.24, 2.45) is 0 Å². The molecule has 0 aliphatic carbocycles. The molecule has 0 spiro atoms. The predicted octanol–water partition coefficient (Wildman–Crippen LogP) is 2.88. The minimum atomic E-state index is -1.38. The van der Waals surface area contributed by atoms with Crippen LogP contribution in [-0.4, -0.2) is 32.9 Å². The van der Waals surface area contributed by atoms with Crippen molar-refractivity contribution in [1.29, 1.82) is 0 Å². The topological polar surface area (TPSA) is 30.5 Å². The fraction of sp³-hybridized carbons (Fsp3) is 0.625. The van der Waals surface area contributed by atoms with Gasteiger partial charge in [0.1, 0.15) is 11.4 Å². The number of benzene rings is 1. The van der Waals surface area contributed by atoms with Crippen molar-refractivity contribution in [2.75, 3.05) is 26.9 Å². The van der Waals surface area contributed by atoms with Crippen LogP contribution in [0.15, 0.2) is 12.1 Å². The number of alkyl halides is 1. The van der Waals surface area contributed by atoms with Gasteiger partial charge in [-0.05, 0) is 49.6 Å². The molecule has 1 aliphatic rings. The van der Waals surface area contributed by atoms with Crippen LogP contribution >= 0.6 is 0 Å². The maximum absolute atomic E-state index is 15.1. The van der Waals surface area contributed by atoms with Crippen LogP contribution in [0.5, 0.6) is 5.75 Å². The summed E-state index contributed by atoms with van der Waals surface area (Å²) < 4.78 is 25.8. The van der Waals surface area contributed by atoms with Crippen molar-refractivity contribution in [3.63, 3.8) is 0 Å². The van der Waals surface area contributed by atoms with E-state index in [9.17, 15) is 0 Å². The van der Waals surface area contributed by atoms with Crippen molar-refractivity contribution in [3.05, 3.63) is 28.8 Å². The molecule has 20 heavy (non-hydrogen) atoms. The lowest BCUT2D eigenvalue weighted by Crippen LogP contribution is -2.44. The number of hydrogen-bond acceptors (Lipinski definition) is 3. The van der Waals surface area contributed by atoms with Crippen molar-refractivity contribution in [1.82, 2.24) is 5.32 Å². The van der Waals surface area contributed by atoms with Gasteiger partial charge in [-0.3, -0.25) is 0 Å². The van der Waals surface area contributed by atoms with Crippen molar-refractivity contribution in [2.45, 2.75) is 38.9 Å². The number of halogens is 1. The highest BCUT2D eigenvalue weighted by Crippen LogP contribution is 2.36. The lowest BCUT2D eigenvalue weighted by molar-refractivity contribution is 0.0472. The zero-order valence-electron chi connectivity index (χ0n) is 12.8. The van der Waals surface area contributed by atoms with Crippen molar-refractivity contribution >= 4 is 0 Å². The van der Waals surface area contributed by atoms with Gasteiger partial charge in [0.25, 0.3) is 0 Å². The molecule has 1 aromatic carbocycles. The molecule has 1 fully saturated rings. The van der Waals surface area contributed by atoms with E-state index in [1.165, 1.54) is 0 Å². The highest BCUT2D eigenvalue weighted by molar-refractivity contribution is 5.43. The zero-order valence-corrected chi connectivity index (χ0v) is 12.8. The van der Waals surface area contributed by atoms with Gasteiger partial charge in [0.05, 0.1) is 20.3 Å². The van der Waals surface area contributed by atoms with Crippen LogP contribution in [0.25, 0.3) is 0 Å². The number of nitrogens with one attached hydrogen (secondary N) is 1. The third-order valence-electron chi connectivity index (χ3n) is 3.93. The van der Waals surface area contributed by atoms with Gasteiger partial charge >= 0.3 is 0 Å². The second-order valence-electron chi connectivity index (χ2n) is 5.76. The first kappa shape index (κ1) is 15.3. The Morgan fingerprint density at radius 2 is 2.15 bits per heavy atom. The third kappa shape index (κ3) is 3.30. The molecular weight excluding hydrogens is 257 g/mol. The van der Waals surface area contributed by atoms with Gasteiger partial charge in [0.2, 0.25) is 0 Å². The Hall–Kier alpha value is -1.13. The Bertz CT molecular complexity index is 468. The Morgan fingerprint density at radius 1 is 1.40 bits per heavy atom. The largest absolute Gasteiger partial charge is 0.496 e. The Kier molecular flexibility index (Phi) is 4.66. The molecule has 0 saturated carbocycles. The molecular formula is C16H24FNO2. The Balaban J connectivity index is 2.21. The van der Waals surface area contributed by atoms with E-state index in [-0.39, 0.29) is 6.04 Å². The van der Waals surface area contributed by atoms with Gasteiger partial charge in [-0.1, -0.05) is 0 Å². The minimum absolute atomic E-state index is 0.0700. The lowest BCUT2D eigenvalue weighted by atomic mass is 9.86. The molecule has 2 rings (SSSR count). The van der Waals surface area contributed by atoms with Crippen LogP contribution in [0.2, 0.25) is 0 Å². The molecule has 1 saturated heterocycles. The standard InChI is InChI=1S/C16H24FNO2/c1-11-8-15(19-4)12(2)7-14(11)16(3,17)9-13-10-20-6-5-18-13/h7-8,13,18H,5-6,9-10H2,1-4H3. The van der Waals surface area contributed by atoms with Crippen LogP contribution in [0.1, 0.15) is 30.0 Å². The van der Waals surface area contributed by atoms with E-state index in [0.717, 1.165) is 29.0 Å². The molecule has 112 valence electrons. The maximum Gasteiger partial charge on any atom is 0.135 e. The molecule has 1 N–H and O–H groups in total.